The highest BCUT2D eigenvalue weighted by Gasteiger charge is 2.33. The van der Waals surface area contributed by atoms with Gasteiger partial charge in [0, 0.05) is 17.5 Å². The summed E-state index contributed by atoms with van der Waals surface area (Å²) in [4.78, 5) is 15.1. The van der Waals surface area contributed by atoms with E-state index in [9.17, 15) is 18.0 Å². The van der Waals surface area contributed by atoms with Crippen molar-refractivity contribution < 1.29 is 23.1 Å². The van der Waals surface area contributed by atoms with Crippen LogP contribution in [0.1, 0.15) is 25.6 Å². The van der Waals surface area contributed by atoms with E-state index in [1.165, 1.54) is 0 Å². The zero-order valence-electron chi connectivity index (χ0n) is 9.73. The number of alkyl halides is 3. The molecule has 0 fully saturated rings. The lowest BCUT2D eigenvalue weighted by atomic mass is 10.2. The molecule has 0 amide bonds. The van der Waals surface area contributed by atoms with E-state index in [1.54, 1.807) is 13.8 Å². The lowest BCUT2D eigenvalue weighted by Gasteiger charge is -2.20. The highest BCUT2D eigenvalue weighted by molar-refractivity contribution is 7.09. The number of anilines is 1. The molecule has 1 aromatic heterocycles. The summed E-state index contributed by atoms with van der Waals surface area (Å²) in [6.07, 6.45) is -4.49. The predicted molar refractivity (Wildman–Crippen MR) is 59.9 cm³/mol. The van der Waals surface area contributed by atoms with Crippen LogP contribution in [0.5, 0.6) is 0 Å². The molecule has 1 rings (SSSR count). The molecule has 1 N–H and O–H groups in total. The number of carboxylic acid groups (broad SMARTS) is 1. The Balaban J connectivity index is 2.90. The molecule has 0 saturated carbocycles. The van der Waals surface area contributed by atoms with E-state index in [0.717, 1.165) is 11.5 Å². The van der Waals surface area contributed by atoms with Crippen LogP contribution in [-0.4, -0.2) is 39.7 Å². The summed E-state index contributed by atoms with van der Waals surface area (Å²) in [6.45, 7) is 1.49. The second-order valence-electron chi connectivity index (χ2n) is 3.95. The molecule has 0 atom stereocenters. The summed E-state index contributed by atoms with van der Waals surface area (Å²) in [5.41, 5.74) is 0. The smallest absolute Gasteiger partial charge is 0.406 e. The third kappa shape index (κ3) is 4.47. The van der Waals surface area contributed by atoms with Crippen molar-refractivity contribution in [1.29, 1.82) is 0 Å². The minimum Gasteiger partial charge on any atom is -0.480 e. The molecule has 0 unspecified atom stereocenters. The summed E-state index contributed by atoms with van der Waals surface area (Å²) in [7, 11) is 0. The minimum atomic E-state index is -4.49. The zero-order valence-corrected chi connectivity index (χ0v) is 10.5. The van der Waals surface area contributed by atoms with E-state index < -0.39 is 25.2 Å². The number of hydrogen-bond donors (Lipinski definition) is 1. The molecule has 1 aromatic rings. The molecule has 18 heavy (non-hydrogen) atoms. The summed E-state index contributed by atoms with van der Waals surface area (Å²) in [5, 5.41) is 8.58. The highest BCUT2D eigenvalue weighted by atomic mass is 32.1. The summed E-state index contributed by atoms with van der Waals surface area (Å²) in [6, 6.07) is 0. The first-order valence-electron chi connectivity index (χ1n) is 5.06. The van der Waals surface area contributed by atoms with E-state index in [1.807, 2.05) is 0 Å². The van der Waals surface area contributed by atoms with Gasteiger partial charge in [0.25, 0.3) is 0 Å². The van der Waals surface area contributed by atoms with Gasteiger partial charge in [0.05, 0.1) is 0 Å². The molecule has 0 saturated heterocycles. The normalized spacial score (nSPS) is 11.9. The van der Waals surface area contributed by atoms with Crippen LogP contribution >= 0.6 is 11.5 Å². The number of nitrogens with zero attached hydrogens (tertiary/aromatic N) is 3. The van der Waals surface area contributed by atoms with E-state index >= 15 is 0 Å². The number of hydrogen-bond acceptors (Lipinski definition) is 5. The number of aliphatic carboxylic acids is 1. The fourth-order valence-electron chi connectivity index (χ4n) is 1.16. The van der Waals surface area contributed by atoms with Crippen molar-refractivity contribution in [1.82, 2.24) is 9.36 Å². The van der Waals surface area contributed by atoms with Crippen molar-refractivity contribution in [3.8, 4) is 0 Å². The van der Waals surface area contributed by atoms with Gasteiger partial charge in [0.15, 0.2) is 0 Å². The van der Waals surface area contributed by atoms with Crippen molar-refractivity contribution in [3.05, 3.63) is 5.82 Å². The fraction of sp³-hybridized carbons (Fsp3) is 0.667. The topological polar surface area (TPSA) is 66.3 Å². The van der Waals surface area contributed by atoms with Gasteiger partial charge in [-0.25, -0.2) is 4.98 Å². The van der Waals surface area contributed by atoms with Crippen LogP contribution in [0, 0.1) is 0 Å². The molecule has 1 heterocycles. The van der Waals surface area contributed by atoms with Crippen molar-refractivity contribution in [2.45, 2.75) is 25.9 Å². The van der Waals surface area contributed by atoms with Crippen LogP contribution in [0.25, 0.3) is 0 Å². The van der Waals surface area contributed by atoms with Crippen LogP contribution in [-0.2, 0) is 4.79 Å². The zero-order chi connectivity index (χ0) is 13.9. The first-order valence-corrected chi connectivity index (χ1v) is 5.83. The van der Waals surface area contributed by atoms with Crippen LogP contribution in [0.3, 0.4) is 0 Å². The van der Waals surface area contributed by atoms with Gasteiger partial charge in [-0.05, 0) is 0 Å². The van der Waals surface area contributed by atoms with Crippen LogP contribution < -0.4 is 4.90 Å². The van der Waals surface area contributed by atoms with Gasteiger partial charge in [-0.1, -0.05) is 13.8 Å². The highest BCUT2D eigenvalue weighted by Crippen LogP contribution is 2.25. The van der Waals surface area contributed by atoms with Gasteiger partial charge >= 0.3 is 12.1 Å². The third-order valence-corrected chi connectivity index (χ3v) is 2.71. The maximum Gasteiger partial charge on any atom is 0.406 e. The number of halogens is 3. The Morgan fingerprint density at radius 3 is 2.50 bits per heavy atom. The first-order chi connectivity index (χ1) is 8.19. The lowest BCUT2D eigenvalue weighted by Crippen LogP contribution is -2.37. The maximum atomic E-state index is 12.3. The van der Waals surface area contributed by atoms with E-state index in [2.05, 4.69) is 9.36 Å². The molecule has 0 aliphatic carbocycles. The van der Waals surface area contributed by atoms with Gasteiger partial charge in [-0.2, -0.15) is 17.5 Å². The standard InChI is InChI=1S/C9H12F3N3O2S/c1-5(2)7-13-8(18-14-7)15(3-6(16)17)4-9(10,11)12/h5H,3-4H2,1-2H3,(H,16,17). The fourth-order valence-corrected chi connectivity index (χ4v) is 1.97. The van der Waals surface area contributed by atoms with Gasteiger partial charge in [0.2, 0.25) is 5.13 Å². The number of carboxylic acids is 1. The Morgan fingerprint density at radius 1 is 1.50 bits per heavy atom. The minimum absolute atomic E-state index is 0.0208. The Bertz CT molecular complexity index is 419. The molecule has 0 radical (unpaired) electrons. The third-order valence-electron chi connectivity index (χ3n) is 1.91. The Hall–Kier alpha value is -1.38. The summed E-state index contributed by atoms with van der Waals surface area (Å²) >= 11 is 0.770. The second kappa shape index (κ2) is 5.51. The molecule has 0 aromatic carbocycles. The van der Waals surface area contributed by atoms with Crippen molar-refractivity contribution in [2.24, 2.45) is 0 Å². The SMILES string of the molecule is CC(C)c1nsc(N(CC(=O)O)CC(F)(F)F)n1. The molecule has 0 aliphatic rings. The van der Waals surface area contributed by atoms with Crippen molar-refractivity contribution >= 4 is 22.6 Å². The predicted octanol–water partition coefficient (Wildman–Crippen LogP) is 2.11. The molecule has 9 heteroatoms. The lowest BCUT2D eigenvalue weighted by molar-refractivity contribution is -0.136. The van der Waals surface area contributed by atoms with Crippen molar-refractivity contribution in [2.75, 3.05) is 18.0 Å². The quantitative estimate of drug-likeness (QED) is 0.896. The number of rotatable bonds is 5. The second-order valence-corrected chi connectivity index (χ2v) is 4.69. The largest absolute Gasteiger partial charge is 0.480 e. The van der Waals surface area contributed by atoms with Gasteiger partial charge in [0.1, 0.15) is 18.9 Å². The molecule has 0 aliphatic heterocycles. The van der Waals surface area contributed by atoms with Gasteiger partial charge in [-0.15, -0.1) is 0 Å². The summed E-state index contributed by atoms with van der Waals surface area (Å²) < 4.78 is 40.9. The van der Waals surface area contributed by atoms with Gasteiger partial charge in [-0.3, -0.25) is 4.79 Å². The number of carbonyl (C=O) groups is 1. The average Bonchev–Trinajstić information content (AvgIpc) is 2.61. The first kappa shape index (κ1) is 14.7. The van der Waals surface area contributed by atoms with E-state index in [4.69, 9.17) is 5.11 Å². The number of aromatic nitrogens is 2. The Kier molecular flexibility index (Phi) is 4.49. The Labute approximate surface area is 105 Å². The molecule has 5 nitrogen and oxygen atoms in total. The molecule has 102 valence electrons. The van der Waals surface area contributed by atoms with Crippen LogP contribution in [0.2, 0.25) is 0 Å². The average molecular weight is 283 g/mol. The van der Waals surface area contributed by atoms with Crippen LogP contribution in [0.15, 0.2) is 0 Å². The Morgan fingerprint density at radius 2 is 2.11 bits per heavy atom. The van der Waals surface area contributed by atoms with E-state index in [-0.39, 0.29) is 11.0 Å². The molecule has 0 bridgehead atoms. The molecular formula is C9H12F3N3O2S. The molecular weight excluding hydrogens is 271 g/mol. The van der Waals surface area contributed by atoms with Gasteiger partial charge < -0.3 is 10.0 Å². The van der Waals surface area contributed by atoms with Crippen LogP contribution in [0.4, 0.5) is 18.3 Å². The van der Waals surface area contributed by atoms with Crippen molar-refractivity contribution in [3.63, 3.8) is 0 Å². The molecule has 0 spiro atoms. The van der Waals surface area contributed by atoms with E-state index in [0.29, 0.717) is 10.7 Å². The summed E-state index contributed by atoms with van der Waals surface area (Å²) in [5.74, 6) is -0.958. The monoisotopic (exact) mass is 283 g/mol. The maximum absolute atomic E-state index is 12.3.